The predicted molar refractivity (Wildman–Crippen MR) is 479 cm³/mol. The average Bonchev–Trinajstić information content (AvgIpc) is 1.55. The SMILES string of the molecule is COP(O)(=S)O[C@@H]1C[C@H](n2cnc3c(=O)[nH]c(N)nc32)O[C@@H]1COP(O)(=S)O[C@@H]1C[C@H](n2cnc3c(N)ncnc32)O[C@@H]1COP(O)(=S)O[C@@H]1C[C@H](n2cc(C)c(=O)[nH]c2=O)O[C@@H]1COP(O)(=S)O[C@@H]1C2O[C@@H](C)[C@]1(COP(=O)(S)O[C@@H]1C3O[C@@H](C)[C@]1(COP(O)(=S)O[C@@H]1C4O[C@@H](C)[C@]1(CO)O[C@H]4n1cc(C)c(N)nc1=O)O[C@H]3n1cc(C)c(N)nc1=O)O[C@H]2n1cc(C)c(=O)[nH]c1=O. The maximum Gasteiger partial charge on any atom is 0.386 e. The lowest BCUT2D eigenvalue weighted by Crippen LogP contribution is -2.52. The summed E-state index contributed by atoms with van der Waals surface area (Å²) in [7, 11) is 1.12. The molecular formula is C67H88N20O35P6S6. The van der Waals surface area contributed by atoms with Crippen LogP contribution in [0.25, 0.3) is 22.3 Å². The molecule has 9 fully saturated rings. The van der Waals surface area contributed by atoms with E-state index in [-0.39, 0.29) is 75.3 Å². The van der Waals surface area contributed by atoms with E-state index >= 15 is 4.57 Å². The number of ether oxygens (including phenoxy) is 9. The van der Waals surface area contributed by atoms with Crippen molar-refractivity contribution in [3.8, 4) is 0 Å². The van der Waals surface area contributed by atoms with Gasteiger partial charge in [0, 0.05) is 73.4 Å². The fraction of sp³-hybridized carbons (Fsp3) is 0.612. The zero-order valence-electron chi connectivity index (χ0n) is 70.8. The van der Waals surface area contributed by atoms with Gasteiger partial charge in [0.1, 0.15) is 114 Å². The third kappa shape index (κ3) is 19.1. The van der Waals surface area contributed by atoms with Crippen LogP contribution in [-0.2, 0) is 161 Å². The van der Waals surface area contributed by atoms with Crippen LogP contribution in [0.1, 0.15) is 99.7 Å². The molecule has 732 valence electrons. The summed E-state index contributed by atoms with van der Waals surface area (Å²) < 4.78 is 153. The zero-order chi connectivity index (χ0) is 96.3. The average molecular weight is 2110 g/mol. The number of aromatic amines is 3. The summed E-state index contributed by atoms with van der Waals surface area (Å²) in [6.07, 6.45) is -20.8. The molecule has 67 heteroatoms. The summed E-state index contributed by atoms with van der Waals surface area (Å²) in [6.45, 7) is -22.5. The van der Waals surface area contributed by atoms with Crippen molar-refractivity contribution in [2.75, 3.05) is 69.7 Å². The van der Waals surface area contributed by atoms with Gasteiger partial charge in [0.15, 0.2) is 41.3 Å². The number of hydrogen-bond acceptors (Lipinski definition) is 46. The van der Waals surface area contributed by atoms with Crippen LogP contribution >= 0.6 is 52.6 Å². The molecule has 0 amide bonds. The van der Waals surface area contributed by atoms with Crippen molar-refractivity contribution < 1.29 is 131 Å². The third-order valence-corrected chi connectivity index (χ3v) is 33.8. The van der Waals surface area contributed by atoms with E-state index in [9.17, 15) is 63.1 Å². The number of aromatic nitrogens is 16. The Hall–Kier alpha value is -6.03. The van der Waals surface area contributed by atoms with Crippen LogP contribution in [0, 0.1) is 27.7 Å². The van der Waals surface area contributed by atoms with E-state index in [1.54, 1.807) is 13.8 Å². The number of nitrogens with one attached hydrogen (secondary N) is 3. The van der Waals surface area contributed by atoms with E-state index in [4.69, 9.17) is 179 Å². The first-order valence-electron chi connectivity index (χ1n) is 40.4. The molecule has 17 N–H and O–H groups in total. The molecule has 9 unspecified atom stereocenters. The number of thiol groups is 1. The number of nitrogen functional groups attached to an aromatic ring is 4. The monoisotopic (exact) mass is 2110 g/mol. The molecular weight excluding hydrogens is 2020 g/mol. The van der Waals surface area contributed by atoms with E-state index in [1.807, 2.05) is 0 Å². The number of hydrogen-bond donors (Lipinski definition) is 14. The molecule has 55 nitrogen and oxygen atoms in total. The Kier molecular flexibility index (Phi) is 27.6. The molecule has 17 rings (SSSR count). The number of rotatable bonds is 35. The summed E-state index contributed by atoms with van der Waals surface area (Å²) in [4.78, 5) is 188. The molecule has 0 radical (unpaired) electrons. The number of H-pyrrole nitrogens is 3. The molecule has 9 saturated heterocycles. The first-order chi connectivity index (χ1) is 62.9. The van der Waals surface area contributed by atoms with E-state index in [0.717, 1.165) is 31.6 Å². The van der Waals surface area contributed by atoms with Crippen LogP contribution in [0.2, 0.25) is 0 Å². The van der Waals surface area contributed by atoms with Crippen molar-refractivity contribution in [3.05, 3.63) is 139 Å². The Morgan fingerprint density at radius 2 is 0.858 bits per heavy atom. The third-order valence-electron chi connectivity index (χ3n) is 24.3. The molecule has 134 heavy (non-hydrogen) atoms. The minimum absolute atomic E-state index is 0.00528. The molecule has 9 aliphatic rings. The van der Waals surface area contributed by atoms with Gasteiger partial charge in [0.05, 0.1) is 88.9 Å². The molecule has 8 aromatic heterocycles. The lowest BCUT2D eigenvalue weighted by molar-refractivity contribution is -0.219. The van der Waals surface area contributed by atoms with E-state index in [2.05, 4.69) is 62.1 Å². The lowest BCUT2D eigenvalue weighted by Gasteiger charge is -2.38. The van der Waals surface area contributed by atoms with Gasteiger partial charge in [-0.05, 0) is 108 Å². The standard InChI is InChI=1S/C67H88N20O35P6S6/c1-25-12-83(61(92)76-49(25)68)57-43-46(65(19-88,114-57)29(5)108-43)120-127(100,133)106-21-67-31(7)110-45(58(115-67)84-13-26(2)50(69)77-62(84)93)48(67)122-128(101,134)107-20-66-30(6)109-44(59(116-66)85-15-28(4)55(90)81-64(85)95)47(66)121-126(99,132)105-18-36-33(9-38(111-36)82-14-27(3)54(89)80-63(82)94)118-124(97,130)104-17-37-34(11-39(112-37)86-23-74-41-51(70)72-22-73-52(41)86)119-125(98,131)103-16-35-32(117-123(96,129)102-8)10-40(113-35)87-24-75-42-53(87)78-60(71)79-56(42)91/h12-15,22-24,29-40,43-48,57-59,88H,9-11,16-21H2,1-8H3,(H,96,129)(H,97,130)(H,98,131)(H,99,132)(H,100,133)(H,101,134)(H2,68,76,92)(H2,69,77,93)(H2,70,72,73)(H,80,89,94)(H,81,90,95)(H3,71,78,79,91)/t29-,30-,31-,32+,33+,34+,35+,36+,37+,38+,39+,40+,43?,44?,45?,46+,47+,48+,57+,58+,59+,65-,66-,67-,123?,124?,125?,126?,127?,128?/m0/s1. The van der Waals surface area contributed by atoms with Crippen LogP contribution in [0.4, 0.5) is 23.4 Å². The van der Waals surface area contributed by atoms with Crippen LogP contribution in [0.15, 0.2) is 77.3 Å². The molecule has 0 saturated carbocycles. The van der Waals surface area contributed by atoms with Crippen LogP contribution in [-0.4, -0.2) is 262 Å². The molecule has 0 spiro atoms. The Labute approximate surface area is 783 Å². The summed E-state index contributed by atoms with van der Waals surface area (Å²) in [5.74, 6) is -0.435. The second-order valence-corrected chi connectivity index (χ2v) is 49.6. The highest BCUT2D eigenvalue weighted by Gasteiger charge is 2.73. The van der Waals surface area contributed by atoms with Gasteiger partial charge in [0.2, 0.25) is 5.95 Å². The number of fused-ring (bicyclic) bond motifs is 8. The van der Waals surface area contributed by atoms with Gasteiger partial charge in [-0.15, -0.1) is 0 Å². The van der Waals surface area contributed by atoms with Gasteiger partial charge >= 0.3 is 63.1 Å². The number of imidazole rings is 2. The Balaban J connectivity index is 0.615. The molecule has 17 heterocycles. The topological polar surface area (TPSA) is 723 Å². The summed E-state index contributed by atoms with van der Waals surface area (Å²) >= 11 is 32.4. The number of nitrogens with zero attached hydrogens (tertiary/aromatic N) is 13. The zero-order valence-corrected chi connectivity index (χ0v) is 81.2. The second kappa shape index (κ2) is 37.1. The Bertz CT molecular complexity index is 6740. The molecule has 30 atom stereocenters. The first-order valence-corrected chi connectivity index (χ1v) is 56.0. The predicted octanol–water partition coefficient (Wildman–Crippen LogP) is -0.682. The highest BCUT2D eigenvalue weighted by Crippen LogP contribution is 2.66. The van der Waals surface area contributed by atoms with Crippen LogP contribution < -0.4 is 62.4 Å². The fourth-order valence-electron chi connectivity index (χ4n) is 17.4. The van der Waals surface area contributed by atoms with Gasteiger partial charge in [0.25, 0.3) is 16.7 Å². The van der Waals surface area contributed by atoms with E-state index in [1.165, 1.54) is 81.3 Å². The molecule has 0 aromatic carbocycles. The quantitative estimate of drug-likeness (QED) is 0.0173. The fourth-order valence-corrected chi connectivity index (χ4v) is 25.7. The van der Waals surface area contributed by atoms with Crippen LogP contribution in [0.3, 0.4) is 0 Å². The summed E-state index contributed by atoms with van der Waals surface area (Å²) in [5.41, 5.74) is 12.9. The normalized spacial score (nSPS) is 34.2. The van der Waals surface area contributed by atoms with E-state index in [0.29, 0.717) is 5.56 Å². The Morgan fingerprint density at radius 3 is 1.35 bits per heavy atom. The van der Waals surface area contributed by atoms with Gasteiger partial charge in [-0.2, -0.15) is 15.0 Å². The van der Waals surface area contributed by atoms with Crippen molar-refractivity contribution in [3.63, 3.8) is 0 Å². The summed E-state index contributed by atoms with van der Waals surface area (Å²) in [5, 5.41) is 11.0. The Morgan fingerprint density at radius 1 is 0.463 bits per heavy atom. The number of aryl methyl sites for hydroxylation is 4. The van der Waals surface area contributed by atoms with Crippen molar-refractivity contribution in [2.45, 2.75) is 213 Å². The van der Waals surface area contributed by atoms with Crippen molar-refractivity contribution in [1.82, 2.24) is 77.2 Å². The molecule has 9 aliphatic heterocycles. The highest BCUT2D eigenvalue weighted by molar-refractivity contribution is 8.44. The first kappa shape index (κ1) is 99.5. The maximum absolute atomic E-state index is 15.5. The maximum atomic E-state index is 15.5. The largest absolute Gasteiger partial charge is 0.393 e. The van der Waals surface area contributed by atoms with Crippen LogP contribution in [0.5, 0.6) is 0 Å². The lowest BCUT2D eigenvalue weighted by atomic mass is 9.94. The molecule has 8 aromatic rings. The number of anilines is 4. The number of nitrogens with two attached hydrogens (primary N) is 4. The number of aliphatic hydroxyl groups is 1. The number of aliphatic hydroxyl groups excluding tert-OH is 1. The van der Waals surface area contributed by atoms with Crippen molar-refractivity contribution in [2.24, 2.45) is 0 Å². The van der Waals surface area contributed by atoms with Crippen molar-refractivity contribution >= 4 is 157 Å². The summed E-state index contributed by atoms with van der Waals surface area (Å²) in [6, 6.07) is 0. The second-order valence-electron chi connectivity index (χ2n) is 32.6. The van der Waals surface area contributed by atoms with Gasteiger partial charge < -0.3 is 131 Å². The minimum Gasteiger partial charge on any atom is -0.393 e. The smallest absolute Gasteiger partial charge is 0.386 e. The molecule has 0 aliphatic carbocycles. The highest BCUT2D eigenvalue weighted by atomic mass is 32.7. The van der Waals surface area contributed by atoms with E-state index < -0.39 is 272 Å². The van der Waals surface area contributed by atoms with Crippen molar-refractivity contribution in [1.29, 1.82) is 0 Å². The van der Waals surface area contributed by atoms with Gasteiger partial charge in [-0.3, -0.25) is 74.8 Å². The van der Waals surface area contributed by atoms with Gasteiger partial charge in [-0.25, -0.2) is 43.7 Å². The van der Waals surface area contributed by atoms with Gasteiger partial charge in [-0.1, -0.05) is 12.2 Å². The minimum atomic E-state index is -5.09. The molecule has 6 bridgehead atoms.